The average molecular weight is 326 g/mol. The van der Waals surface area contributed by atoms with E-state index >= 15 is 0 Å². The van der Waals surface area contributed by atoms with Crippen LogP contribution in [-0.4, -0.2) is 11.9 Å². The average Bonchev–Trinajstić information content (AvgIpc) is 2.86. The Hall–Kier alpha value is -0.730. The van der Waals surface area contributed by atoms with Crippen LogP contribution in [0.25, 0.3) is 0 Å². The second-order valence-electron chi connectivity index (χ2n) is 7.42. The van der Waals surface area contributed by atoms with E-state index in [1.54, 1.807) is 18.2 Å². The molecule has 0 saturated heterocycles. The van der Waals surface area contributed by atoms with Gasteiger partial charge in [-0.1, -0.05) is 50.0 Å². The van der Waals surface area contributed by atoms with Crippen molar-refractivity contribution in [2.24, 2.45) is 16.7 Å². The predicted octanol–water partition coefficient (Wildman–Crippen LogP) is 4.94. The molecule has 0 radical (unpaired) electrons. The van der Waals surface area contributed by atoms with E-state index in [0.717, 1.165) is 0 Å². The minimum atomic E-state index is -0.155. The van der Waals surface area contributed by atoms with Crippen molar-refractivity contribution in [2.45, 2.75) is 46.1 Å². The fourth-order valence-corrected chi connectivity index (χ4v) is 5.15. The van der Waals surface area contributed by atoms with Gasteiger partial charge in [0.15, 0.2) is 0 Å². The lowest BCUT2D eigenvalue weighted by atomic mass is 9.68. The fraction of sp³-hybridized carbons (Fsp3) is 0.588. The maximum Gasteiger partial charge on any atom is 0.254 e. The molecule has 0 heterocycles. The molecule has 0 aromatic heterocycles. The lowest BCUT2D eigenvalue weighted by molar-refractivity contribution is 0.0738. The van der Waals surface area contributed by atoms with Gasteiger partial charge in [0.2, 0.25) is 0 Å². The second kappa shape index (κ2) is 4.89. The Bertz CT molecular complexity index is 573. The van der Waals surface area contributed by atoms with Gasteiger partial charge in [0.1, 0.15) is 0 Å². The third kappa shape index (κ3) is 2.27. The number of hydrogen-bond acceptors (Lipinski definition) is 1. The number of nitrogens with one attached hydrogen (secondary N) is 1. The first-order valence-corrected chi connectivity index (χ1v) is 8.26. The van der Waals surface area contributed by atoms with Crippen LogP contribution in [0.15, 0.2) is 18.2 Å². The Morgan fingerprint density at radius 3 is 2.38 bits per heavy atom. The van der Waals surface area contributed by atoms with E-state index in [0.29, 0.717) is 21.5 Å². The van der Waals surface area contributed by atoms with E-state index in [9.17, 15) is 4.79 Å². The summed E-state index contributed by atoms with van der Waals surface area (Å²) in [5.41, 5.74) is 0.705. The lowest BCUT2D eigenvalue weighted by Crippen LogP contribution is -2.52. The van der Waals surface area contributed by atoms with Gasteiger partial charge in [-0.05, 0) is 48.1 Å². The van der Waals surface area contributed by atoms with Crippen LogP contribution in [0.4, 0.5) is 0 Å². The molecule has 0 unspecified atom stereocenters. The van der Waals surface area contributed by atoms with Crippen molar-refractivity contribution in [2.75, 3.05) is 0 Å². The zero-order valence-corrected chi connectivity index (χ0v) is 14.2. The van der Waals surface area contributed by atoms with Crippen LogP contribution in [0.3, 0.4) is 0 Å². The summed E-state index contributed by atoms with van der Waals surface area (Å²) in [6, 6.07) is 5.33. The molecule has 2 fully saturated rings. The first-order chi connectivity index (χ1) is 9.75. The molecule has 2 nitrogen and oxygen atoms in total. The van der Waals surface area contributed by atoms with Crippen molar-refractivity contribution in [1.82, 2.24) is 5.32 Å². The van der Waals surface area contributed by atoms with Gasteiger partial charge >= 0.3 is 0 Å². The molecule has 2 bridgehead atoms. The summed E-state index contributed by atoms with van der Waals surface area (Å²) in [4.78, 5) is 12.7. The summed E-state index contributed by atoms with van der Waals surface area (Å²) < 4.78 is 0. The number of carbonyl (C=O) groups is 1. The number of rotatable bonds is 2. The Kier molecular flexibility index (Phi) is 3.53. The molecule has 1 aromatic carbocycles. The standard InChI is InChI=1S/C17H21Cl2NO/c1-16(2)10-7-8-17(3,9-10)15(16)20-14(21)13-11(18)5-4-6-12(13)19/h4-6,10,15H,7-9H2,1-3H3,(H,20,21)/t10-,15-,17+/m0/s1. The van der Waals surface area contributed by atoms with Crippen LogP contribution in [-0.2, 0) is 0 Å². The molecule has 4 heteroatoms. The van der Waals surface area contributed by atoms with Gasteiger partial charge in [-0.25, -0.2) is 0 Å². The Balaban J connectivity index is 1.89. The Morgan fingerprint density at radius 1 is 1.24 bits per heavy atom. The molecule has 21 heavy (non-hydrogen) atoms. The monoisotopic (exact) mass is 325 g/mol. The third-order valence-electron chi connectivity index (χ3n) is 5.74. The summed E-state index contributed by atoms with van der Waals surface area (Å²) >= 11 is 12.3. The molecule has 3 rings (SSSR count). The maximum atomic E-state index is 12.7. The molecule has 0 aliphatic heterocycles. The molecule has 2 aliphatic rings. The highest BCUT2D eigenvalue weighted by Gasteiger charge is 2.59. The van der Waals surface area contributed by atoms with Gasteiger partial charge < -0.3 is 5.32 Å². The first kappa shape index (κ1) is 15.2. The quantitative estimate of drug-likeness (QED) is 0.819. The number of halogens is 2. The van der Waals surface area contributed by atoms with Crippen LogP contribution in [0.5, 0.6) is 0 Å². The number of fused-ring (bicyclic) bond motifs is 2. The predicted molar refractivity (Wildman–Crippen MR) is 86.9 cm³/mol. The minimum Gasteiger partial charge on any atom is -0.348 e. The summed E-state index contributed by atoms with van der Waals surface area (Å²) in [5.74, 6) is 0.534. The highest BCUT2D eigenvalue weighted by Crippen LogP contribution is 2.62. The zero-order chi connectivity index (χ0) is 15.4. The van der Waals surface area contributed by atoms with Gasteiger partial charge in [-0.3, -0.25) is 4.79 Å². The fourth-order valence-electron chi connectivity index (χ4n) is 4.58. The molecule has 1 N–H and O–H groups in total. The molecule has 114 valence electrons. The summed E-state index contributed by atoms with van der Waals surface area (Å²) in [5, 5.41) is 4.05. The molecular formula is C17H21Cl2NO. The zero-order valence-electron chi connectivity index (χ0n) is 12.7. The molecule has 2 saturated carbocycles. The molecule has 1 amide bonds. The van der Waals surface area contributed by atoms with Crippen LogP contribution < -0.4 is 5.32 Å². The largest absolute Gasteiger partial charge is 0.348 e. The summed E-state index contributed by atoms with van der Waals surface area (Å²) in [6.07, 6.45) is 3.65. The first-order valence-electron chi connectivity index (χ1n) is 7.50. The van der Waals surface area contributed by atoms with E-state index < -0.39 is 0 Å². The minimum absolute atomic E-state index is 0.121. The molecule has 0 spiro atoms. The van der Waals surface area contributed by atoms with E-state index in [4.69, 9.17) is 23.2 Å². The maximum absolute atomic E-state index is 12.7. The SMILES string of the molecule is CC1(C)[C@H]2CC[C@](C)(C2)[C@H]1NC(=O)c1c(Cl)cccc1Cl. The Morgan fingerprint density at radius 2 is 1.86 bits per heavy atom. The third-order valence-corrected chi connectivity index (χ3v) is 6.36. The van der Waals surface area contributed by atoms with E-state index in [-0.39, 0.29) is 22.8 Å². The van der Waals surface area contributed by atoms with Crippen LogP contribution in [0.2, 0.25) is 10.0 Å². The summed E-state index contributed by atoms with van der Waals surface area (Å²) in [7, 11) is 0. The normalized spacial score (nSPS) is 33.2. The van der Waals surface area contributed by atoms with Crippen LogP contribution >= 0.6 is 23.2 Å². The van der Waals surface area contributed by atoms with Gasteiger partial charge in [0, 0.05) is 6.04 Å². The highest BCUT2D eigenvalue weighted by molar-refractivity contribution is 6.39. The highest BCUT2D eigenvalue weighted by atomic mass is 35.5. The lowest BCUT2D eigenvalue weighted by Gasteiger charge is -2.43. The van der Waals surface area contributed by atoms with E-state index in [1.807, 2.05) is 0 Å². The van der Waals surface area contributed by atoms with Crippen LogP contribution in [0, 0.1) is 16.7 Å². The molecule has 1 aromatic rings. The molecular weight excluding hydrogens is 305 g/mol. The Labute approximate surface area is 136 Å². The summed E-state index contributed by atoms with van der Waals surface area (Å²) in [6.45, 7) is 6.82. The molecule has 2 aliphatic carbocycles. The van der Waals surface area contributed by atoms with Crippen molar-refractivity contribution in [1.29, 1.82) is 0 Å². The second-order valence-corrected chi connectivity index (χ2v) is 8.23. The van der Waals surface area contributed by atoms with Crippen molar-refractivity contribution < 1.29 is 4.79 Å². The smallest absolute Gasteiger partial charge is 0.254 e. The van der Waals surface area contributed by atoms with Gasteiger partial charge in [-0.2, -0.15) is 0 Å². The number of hydrogen-bond donors (Lipinski definition) is 1. The number of carbonyl (C=O) groups excluding carboxylic acids is 1. The van der Waals surface area contributed by atoms with Crippen molar-refractivity contribution in [3.05, 3.63) is 33.8 Å². The van der Waals surface area contributed by atoms with Crippen LogP contribution in [0.1, 0.15) is 50.4 Å². The van der Waals surface area contributed by atoms with E-state index in [2.05, 4.69) is 26.1 Å². The van der Waals surface area contributed by atoms with Crippen molar-refractivity contribution >= 4 is 29.1 Å². The van der Waals surface area contributed by atoms with Gasteiger partial charge in [0.25, 0.3) is 5.91 Å². The number of amides is 1. The number of benzene rings is 1. The van der Waals surface area contributed by atoms with Crippen molar-refractivity contribution in [3.8, 4) is 0 Å². The van der Waals surface area contributed by atoms with E-state index in [1.165, 1.54) is 19.3 Å². The van der Waals surface area contributed by atoms with Gasteiger partial charge in [0.05, 0.1) is 15.6 Å². The topological polar surface area (TPSA) is 29.1 Å². The molecule has 3 atom stereocenters. The van der Waals surface area contributed by atoms with Crippen molar-refractivity contribution in [3.63, 3.8) is 0 Å². The van der Waals surface area contributed by atoms with Gasteiger partial charge in [-0.15, -0.1) is 0 Å².